The summed E-state index contributed by atoms with van der Waals surface area (Å²) in [6, 6.07) is -0.834. The normalized spacial score (nSPS) is 34.0. The van der Waals surface area contributed by atoms with Gasteiger partial charge in [-0.25, -0.2) is 4.18 Å². The number of aliphatic hydroxyl groups is 2. The van der Waals surface area contributed by atoms with Crippen LogP contribution < -0.4 is 5.32 Å². The van der Waals surface area contributed by atoms with E-state index in [1.165, 1.54) is 6.92 Å². The smallest absolute Gasteiger partial charge is 0.388 e. The predicted octanol–water partition coefficient (Wildman–Crippen LogP) is -1.54. The van der Waals surface area contributed by atoms with Crippen molar-refractivity contribution in [3.63, 3.8) is 0 Å². The standard InChI is InChI=1S/C11H21NO8S/c1-5(2)11-8(12-6(3)13)10(15)9(14)7(20-11)4-19-21(16,17)18/h5,7-11,14-15H,4H2,1-3H3,(H,12,13)(H,16,17,18)/t7?,8?,9-,10+,11-/m1/s1. The number of carbonyl (C=O) groups is 1. The molecule has 124 valence electrons. The Balaban J connectivity index is 2.86. The van der Waals surface area contributed by atoms with E-state index in [-0.39, 0.29) is 5.92 Å². The lowest BCUT2D eigenvalue weighted by molar-refractivity contribution is -0.202. The van der Waals surface area contributed by atoms with Crippen LogP contribution >= 0.6 is 0 Å². The molecule has 0 aromatic carbocycles. The Morgan fingerprint density at radius 2 is 1.90 bits per heavy atom. The van der Waals surface area contributed by atoms with Crippen molar-refractivity contribution in [2.24, 2.45) is 5.92 Å². The Morgan fingerprint density at radius 3 is 2.33 bits per heavy atom. The van der Waals surface area contributed by atoms with Crippen LogP contribution in [0.4, 0.5) is 0 Å². The van der Waals surface area contributed by atoms with Gasteiger partial charge < -0.3 is 20.3 Å². The first-order valence-corrected chi connectivity index (χ1v) is 7.80. The van der Waals surface area contributed by atoms with Gasteiger partial charge in [0.1, 0.15) is 18.3 Å². The molecule has 4 N–H and O–H groups in total. The van der Waals surface area contributed by atoms with E-state index in [9.17, 15) is 23.4 Å². The monoisotopic (exact) mass is 327 g/mol. The Bertz CT molecular complexity index is 465. The minimum absolute atomic E-state index is 0.128. The van der Waals surface area contributed by atoms with E-state index in [0.29, 0.717) is 0 Å². The van der Waals surface area contributed by atoms with Crippen molar-refractivity contribution in [3.05, 3.63) is 0 Å². The highest BCUT2D eigenvalue weighted by Crippen LogP contribution is 2.26. The fourth-order valence-corrected chi connectivity index (χ4v) is 2.56. The first-order valence-electron chi connectivity index (χ1n) is 6.43. The molecule has 1 aliphatic heterocycles. The summed E-state index contributed by atoms with van der Waals surface area (Å²) < 4.78 is 39.4. The van der Waals surface area contributed by atoms with E-state index in [0.717, 1.165) is 0 Å². The van der Waals surface area contributed by atoms with Crippen LogP contribution in [0, 0.1) is 5.92 Å². The number of hydrogen-bond donors (Lipinski definition) is 4. The molecular formula is C11H21NO8S. The molecule has 9 nitrogen and oxygen atoms in total. The zero-order chi connectivity index (χ0) is 16.4. The largest absolute Gasteiger partial charge is 0.397 e. The van der Waals surface area contributed by atoms with Gasteiger partial charge in [0.2, 0.25) is 5.91 Å². The molecule has 0 spiro atoms. The third-order valence-electron chi connectivity index (χ3n) is 3.19. The van der Waals surface area contributed by atoms with Crippen LogP contribution in [-0.2, 0) is 24.1 Å². The minimum Gasteiger partial charge on any atom is -0.388 e. The van der Waals surface area contributed by atoms with Gasteiger partial charge in [-0.05, 0) is 5.92 Å². The van der Waals surface area contributed by atoms with Crippen LogP contribution in [-0.4, -0.2) is 66.2 Å². The number of amides is 1. The Labute approximate surface area is 123 Å². The van der Waals surface area contributed by atoms with Gasteiger partial charge in [-0.3, -0.25) is 9.35 Å². The van der Waals surface area contributed by atoms with E-state index >= 15 is 0 Å². The van der Waals surface area contributed by atoms with Crippen molar-refractivity contribution >= 4 is 16.3 Å². The van der Waals surface area contributed by atoms with Gasteiger partial charge in [0.15, 0.2) is 0 Å². The van der Waals surface area contributed by atoms with Gasteiger partial charge in [0.25, 0.3) is 0 Å². The van der Waals surface area contributed by atoms with E-state index < -0.39 is 53.4 Å². The summed E-state index contributed by atoms with van der Waals surface area (Å²) in [6.07, 6.45) is -4.63. The van der Waals surface area contributed by atoms with Crippen LogP contribution in [0.25, 0.3) is 0 Å². The lowest BCUT2D eigenvalue weighted by atomic mass is 9.87. The van der Waals surface area contributed by atoms with E-state index in [2.05, 4.69) is 9.50 Å². The molecule has 5 atom stereocenters. The van der Waals surface area contributed by atoms with Crippen molar-refractivity contribution in [1.82, 2.24) is 5.32 Å². The SMILES string of the molecule is CC(=O)NC1[C@@H](C(C)C)OC(COS(=O)(=O)O)[C@@H](O)[C@H]1O. The summed E-state index contributed by atoms with van der Waals surface area (Å²) >= 11 is 0. The number of hydrogen-bond acceptors (Lipinski definition) is 7. The molecule has 1 saturated heterocycles. The maximum atomic E-state index is 11.2. The molecule has 2 unspecified atom stereocenters. The van der Waals surface area contributed by atoms with Crippen molar-refractivity contribution in [1.29, 1.82) is 0 Å². The van der Waals surface area contributed by atoms with E-state index in [1.54, 1.807) is 13.8 Å². The molecule has 10 heteroatoms. The summed E-state index contributed by atoms with van der Waals surface area (Å²) in [5.41, 5.74) is 0. The summed E-state index contributed by atoms with van der Waals surface area (Å²) in [5, 5.41) is 22.5. The van der Waals surface area contributed by atoms with Gasteiger partial charge in [-0.15, -0.1) is 0 Å². The zero-order valence-electron chi connectivity index (χ0n) is 12.0. The van der Waals surface area contributed by atoms with Crippen LogP contribution in [0.1, 0.15) is 20.8 Å². The van der Waals surface area contributed by atoms with Gasteiger partial charge in [-0.1, -0.05) is 13.8 Å². The molecule has 1 amide bonds. The molecule has 0 aromatic heterocycles. The van der Waals surface area contributed by atoms with Crippen LogP contribution in [0.5, 0.6) is 0 Å². The second-order valence-electron chi connectivity index (χ2n) is 5.30. The number of carbonyl (C=O) groups excluding carboxylic acids is 1. The molecule has 0 bridgehead atoms. The lowest BCUT2D eigenvalue weighted by Gasteiger charge is -2.44. The molecule has 0 aromatic rings. The maximum Gasteiger partial charge on any atom is 0.397 e. The highest BCUT2D eigenvalue weighted by molar-refractivity contribution is 7.80. The maximum absolute atomic E-state index is 11.2. The highest BCUT2D eigenvalue weighted by atomic mass is 32.3. The summed E-state index contributed by atoms with van der Waals surface area (Å²) in [4.78, 5) is 11.2. The van der Waals surface area contributed by atoms with Crippen molar-refractivity contribution in [3.8, 4) is 0 Å². The first-order chi connectivity index (χ1) is 9.53. The predicted molar refractivity (Wildman–Crippen MR) is 70.6 cm³/mol. The lowest BCUT2D eigenvalue weighted by Crippen LogP contribution is -2.65. The third-order valence-corrected chi connectivity index (χ3v) is 3.63. The number of ether oxygens (including phenoxy) is 1. The second kappa shape index (κ2) is 6.99. The Kier molecular flexibility index (Phi) is 6.08. The first kappa shape index (κ1) is 18.3. The topological polar surface area (TPSA) is 142 Å². The minimum atomic E-state index is -4.68. The molecular weight excluding hydrogens is 306 g/mol. The van der Waals surface area contributed by atoms with Gasteiger partial charge in [0.05, 0.1) is 18.8 Å². The Morgan fingerprint density at radius 1 is 1.33 bits per heavy atom. The molecule has 0 saturated carbocycles. The average Bonchev–Trinajstić information content (AvgIpc) is 2.32. The molecule has 1 rings (SSSR count). The molecule has 1 fully saturated rings. The van der Waals surface area contributed by atoms with Crippen LogP contribution in [0.2, 0.25) is 0 Å². The second-order valence-corrected chi connectivity index (χ2v) is 6.39. The summed E-state index contributed by atoms with van der Waals surface area (Å²) in [6.45, 7) is 4.19. The van der Waals surface area contributed by atoms with E-state index in [4.69, 9.17) is 9.29 Å². The average molecular weight is 327 g/mol. The molecule has 1 heterocycles. The Hall–Kier alpha value is -0.780. The molecule has 0 radical (unpaired) electrons. The van der Waals surface area contributed by atoms with Crippen molar-refractivity contribution in [2.45, 2.75) is 51.2 Å². The fourth-order valence-electron chi connectivity index (χ4n) is 2.26. The van der Waals surface area contributed by atoms with Gasteiger partial charge in [-0.2, -0.15) is 8.42 Å². The van der Waals surface area contributed by atoms with E-state index in [1.807, 2.05) is 0 Å². The van der Waals surface area contributed by atoms with Crippen molar-refractivity contribution < 1.29 is 36.9 Å². The number of aliphatic hydroxyl groups excluding tert-OH is 2. The zero-order valence-corrected chi connectivity index (χ0v) is 12.8. The highest BCUT2D eigenvalue weighted by Gasteiger charge is 2.46. The molecule has 21 heavy (non-hydrogen) atoms. The summed E-state index contributed by atoms with van der Waals surface area (Å²) in [7, 11) is -4.68. The number of nitrogens with one attached hydrogen (secondary N) is 1. The van der Waals surface area contributed by atoms with Crippen molar-refractivity contribution in [2.75, 3.05) is 6.61 Å². The van der Waals surface area contributed by atoms with Crippen LogP contribution in [0.15, 0.2) is 0 Å². The molecule has 1 aliphatic rings. The summed E-state index contributed by atoms with van der Waals surface area (Å²) in [5.74, 6) is -0.523. The quantitative estimate of drug-likeness (QED) is 0.445. The fraction of sp³-hybridized carbons (Fsp3) is 0.909. The molecule has 0 aliphatic carbocycles. The third kappa shape index (κ3) is 5.16. The number of rotatable bonds is 5. The van der Waals surface area contributed by atoms with Gasteiger partial charge >= 0.3 is 10.4 Å². The van der Waals surface area contributed by atoms with Gasteiger partial charge in [0, 0.05) is 6.92 Å². The van der Waals surface area contributed by atoms with Crippen LogP contribution in [0.3, 0.4) is 0 Å².